The van der Waals surface area contributed by atoms with E-state index in [0.29, 0.717) is 11.3 Å². The number of ether oxygens (including phenoxy) is 1. The number of oxime groups is 1. The highest BCUT2D eigenvalue weighted by molar-refractivity contribution is 5.97. The molecule has 1 aromatic carbocycles. The van der Waals surface area contributed by atoms with Gasteiger partial charge in [0.15, 0.2) is 12.4 Å². The number of hydrogen-bond donors (Lipinski definition) is 3. The van der Waals surface area contributed by atoms with Crippen molar-refractivity contribution in [2.75, 3.05) is 20.2 Å². The number of nitrogens with two attached hydrogens (primary N) is 1. The minimum atomic E-state index is -0.951. The summed E-state index contributed by atoms with van der Waals surface area (Å²) in [6, 6.07) is 6.48. The van der Waals surface area contributed by atoms with Crippen molar-refractivity contribution in [2.45, 2.75) is 19.4 Å². The van der Waals surface area contributed by atoms with E-state index in [4.69, 9.17) is 15.7 Å². The topological polar surface area (TPSA) is 108 Å². The van der Waals surface area contributed by atoms with Crippen LogP contribution < -0.4 is 10.5 Å². The predicted octanol–water partition coefficient (Wildman–Crippen LogP) is 0.389. The Morgan fingerprint density at radius 1 is 1.38 bits per heavy atom. The van der Waals surface area contributed by atoms with Crippen LogP contribution >= 0.6 is 0 Å². The lowest BCUT2D eigenvalue weighted by Crippen LogP contribution is -2.41. The molecule has 1 amide bonds. The minimum Gasteiger partial charge on any atom is -0.484 e. The summed E-state index contributed by atoms with van der Waals surface area (Å²) in [6.45, 7) is 3.35. The molecular weight excluding hydrogens is 274 g/mol. The summed E-state index contributed by atoms with van der Waals surface area (Å²) in [5.41, 5.74) is 5.04. The van der Waals surface area contributed by atoms with Gasteiger partial charge < -0.3 is 25.7 Å². The Labute approximate surface area is 123 Å². The number of benzene rings is 1. The summed E-state index contributed by atoms with van der Waals surface area (Å²) in [5.74, 6) is 0.259. The number of nitrogens with zero attached hydrogens (tertiary/aromatic N) is 2. The third-order valence-corrected chi connectivity index (χ3v) is 2.67. The van der Waals surface area contributed by atoms with Crippen LogP contribution in [0.3, 0.4) is 0 Å². The zero-order chi connectivity index (χ0) is 16.0. The zero-order valence-electron chi connectivity index (χ0n) is 12.4. The number of aliphatic hydroxyl groups is 1. The standard InChI is InChI=1S/C14H21N3O4/c1-14(2,19)9-17(3)12(18)8-21-11-6-4-10(5-7-11)13(15)16-20/h4-7,19-20H,8-9H2,1-3H3,(H2,15,16). The monoisotopic (exact) mass is 295 g/mol. The van der Waals surface area contributed by atoms with Crippen molar-refractivity contribution in [3.63, 3.8) is 0 Å². The Hall–Kier alpha value is -2.28. The highest BCUT2D eigenvalue weighted by atomic mass is 16.5. The van der Waals surface area contributed by atoms with Crippen molar-refractivity contribution < 1.29 is 19.8 Å². The van der Waals surface area contributed by atoms with Gasteiger partial charge in [0.05, 0.1) is 5.60 Å². The largest absolute Gasteiger partial charge is 0.484 e. The van der Waals surface area contributed by atoms with Crippen LogP contribution in [-0.4, -0.2) is 52.8 Å². The van der Waals surface area contributed by atoms with Gasteiger partial charge in [-0.05, 0) is 38.1 Å². The fourth-order valence-electron chi connectivity index (χ4n) is 1.70. The van der Waals surface area contributed by atoms with Gasteiger partial charge in [-0.2, -0.15) is 0 Å². The zero-order valence-corrected chi connectivity index (χ0v) is 12.4. The van der Waals surface area contributed by atoms with E-state index in [1.807, 2.05) is 0 Å². The van der Waals surface area contributed by atoms with Crippen molar-refractivity contribution in [1.29, 1.82) is 0 Å². The molecule has 0 bridgehead atoms. The van der Waals surface area contributed by atoms with Crippen LogP contribution in [0, 0.1) is 0 Å². The molecule has 0 aromatic heterocycles. The van der Waals surface area contributed by atoms with Gasteiger partial charge in [-0.3, -0.25) is 4.79 Å². The van der Waals surface area contributed by atoms with Crippen LogP contribution in [0.25, 0.3) is 0 Å². The van der Waals surface area contributed by atoms with Crippen molar-refractivity contribution in [1.82, 2.24) is 4.90 Å². The summed E-state index contributed by atoms with van der Waals surface area (Å²) >= 11 is 0. The molecule has 7 heteroatoms. The maximum atomic E-state index is 11.8. The SMILES string of the molecule is CN(CC(C)(C)O)C(=O)COc1ccc(C(N)=NO)cc1. The number of amidine groups is 1. The molecule has 0 saturated carbocycles. The number of carbonyl (C=O) groups excluding carboxylic acids is 1. The molecule has 116 valence electrons. The van der Waals surface area contributed by atoms with Crippen LogP contribution in [0.1, 0.15) is 19.4 Å². The van der Waals surface area contributed by atoms with Crippen LogP contribution in [0.15, 0.2) is 29.4 Å². The van der Waals surface area contributed by atoms with E-state index in [0.717, 1.165) is 0 Å². The van der Waals surface area contributed by atoms with E-state index in [2.05, 4.69) is 5.16 Å². The average Bonchev–Trinajstić information content (AvgIpc) is 2.42. The van der Waals surface area contributed by atoms with Gasteiger partial charge in [-0.25, -0.2) is 0 Å². The van der Waals surface area contributed by atoms with E-state index in [-0.39, 0.29) is 24.9 Å². The summed E-state index contributed by atoms with van der Waals surface area (Å²) in [7, 11) is 1.60. The first-order valence-electron chi connectivity index (χ1n) is 6.40. The molecule has 0 atom stereocenters. The van der Waals surface area contributed by atoms with Crippen molar-refractivity contribution in [2.24, 2.45) is 10.9 Å². The lowest BCUT2D eigenvalue weighted by molar-refractivity contribution is -0.134. The highest BCUT2D eigenvalue weighted by Crippen LogP contribution is 2.12. The number of likely N-dealkylation sites (N-methyl/N-ethyl adjacent to an activating group) is 1. The summed E-state index contributed by atoms with van der Waals surface area (Å²) in [6.07, 6.45) is 0. The van der Waals surface area contributed by atoms with Gasteiger partial charge in [0, 0.05) is 19.2 Å². The highest BCUT2D eigenvalue weighted by Gasteiger charge is 2.19. The van der Waals surface area contributed by atoms with Crippen molar-refractivity contribution in [3.05, 3.63) is 29.8 Å². The van der Waals surface area contributed by atoms with Gasteiger partial charge in [0.25, 0.3) is 5.91 Å². The molecule has 0 aliphatic carbocycles. The fraction of sp³-hybridized carbons (Fsp3) is 0.429. The Balaban J connectivity index is 2.53. The lowest BCUT2D eigenvalue weighted by Gasteiger charge is -2.25. The smallest absolute Gasteiger partial charge is 0.260 e. The van der Waals surface area contributed by atoms with Crippen LogP contribution in [0.5, 0.6) is 5.75 Å². The molecule has 4 N–H and O–H groups in total. The van der Waals surface area contributed by atoms with E-state index >= 15 is 0 Å². The maximum Gasteiger partial charge on any atom is 0.260 e. The Kier molecular flexibility index (Phi) is 5.54. The molecular formula is C14H21N3O4. The molecule has 0 aliphatic rings. The molecule has 0 unspecified atom stereocenters. The van der Waals surface area contributed by atoms with Gasteiger partial charge in [-0.15, -0.1) is 0 Å². The second-order valence-electron chi connectivity index (χ2n) is 5.36. The molecule has 0 radical (unpaired) electrons. The summed E-state index contributed by atoms with van der Waals surface area (Å²) < 4.78 is 5.36. The van der Waals surface area contributed by atoms with E-state index in [1.54, 1.807) is 45.2 Å². The lowest BCUT2D eigenvalue weighted by atomic mass is 10.1. The van der Waals surface area contributed by atoms with Gasteiger partial charge in [0.1, 0.15) is 5.75 Å². The quantitative estimate of drug-likeness (QED) is 0.304. The summed E-state index contributed by atoms with van der Waals surface area (Å²) in [4.78, 5) is 13.2. The second-order valence-corrected chi connectivity index (χ2v) is 5.36. The van der Waals surface area contributed by atoms with Crippen molar-refractivity contribution >= 4 is 11.7 Å². The maximum absolute atomic E-state index is 11.8. The third kappa shape index (κ3) is 5.70. The van der Waals surface area contributed by atoms with Gasteiger partial charge in [-0.1, -0.05) is 5.16 Å². The molecule has 0 heterocycles. The molecule has 0 saturated heterocycles. The number of carbonyl (C=O) groups is 1. The van der Waals surface area contributed by atoms with Crippen molar-refractivity contribution in [3.8, 4) is 5.75 Å². The molecule has 0 spiro atoms. The van der Waals surface area contributed by atoms with Gasteiger partial charge >= 0.3 is 0 Å². The number of amides is 1. The first kappa shape index (κ1) is 16.8. The minimum absolute atomic E-state index is 0.00235. The molecule has 1 aromatic rings. The molecule has 0 fully saturated rings. The van der Waals surface area contributed by atoms with Crippen LogP contribution in [0.2, 0.25) is 0 Å². The van der Waals surface area contributed by atoms with Gasteiger partial charge in [0.2, 0.25) is 0 Å². The Bertz CT molecular complexity index is 506. The Morgan fingerprint density at radius 3 is 2.43 bits per heavy atom. The van der Waals surface area contributed by atoms with E-state index in [1.165, 1.54) is 4.90 Å². The average molecular weight is 295 g/mol. The van der Waals surface area contributed by atoms with E-state index in [9.17, 15) is 9.90 Å². The summed E-state index contributed by atoms with van der Waals surface area (Å²) in [5, 5.41) is 21.1. The molecule has 7 nitrogen and oxygen atoms in total. The Morgan fingerprint density at radius 2 is 1.95 bits per heavy atom. The first-order chi connectivity index (χ1) is 9.73. The number of hydrogen-bond acceptors (Lipinski definition) is 5. The molecule has 1 rings (SSSR count). The molecule has 0 aliphatic heterocycles. The third-order valence-electron chi connectivity index (χ3n) is 2.67. The fourth-order valence-corrected chi connectivity index (χ4v) is 1.70. The predicted molar refractivity (Wildman–Crippen MR) is 78.4 cm³/mol. The normalized spacial score (nSPS) is 12.1. The van der Waals surface area contributed by atoms with E-state index < -0.39 is 5.60 Å². The molecule has 21 heavy (non-hydrogen) atoms. The van der Waals surface area contributed by atoms with Crippen LogP contribution in [0.4, 0.5) is 0 Å². The van der Waals surface area contributed by atoms with Crippen LogP contribution in [-0.2, 0) is 4.79 Å². The first-order valence-corrected chi connectivity index (χ1v) is 6.40. The second kappa shape index (κ2) is 6.94. The number of rotatable bonds is 6.